The number of amides is 1. The van der Waals surface area contributed by atoms with Gasteiger partial charge in [0.15, 0.2) is 0 Å². The van der Waals surface area contributed by atoms with E-state index < -0.39 is 26.4 Å². The van der Waals surface area contributed by atoms with Gasteiger partial charge in [-0.15, -0.1) is 0 Å². The SMILES string of the molecule is CCCCC1=NC2(CCCC2)C(=O)N1Cc1ccc(-n2cccc2C(=O)OCc2ccc(Oc3nonc3S(=O)(=O)c3ccccc3)cc2)cc1. The number of unbranched alkanes of at least 4 members (excludes halogenated alkanes) is 1. The number of ether oxygens (including phenoxy) is 2. The van der Waals surface area contributed by atoms with Crippen molar-refractivity contribution in [2.45, 2.75) is 80.5 Å². The highest BCUT2D eigenvalue weighted by Crippen LogP contribution is 2.40. The molecule has 1 amide bonds. The maximum Gasteiger partial charge on any atom is 0.355 e. The number of hydrogen-bond acceptors (Lipinski definition) is 10. The van der Waals surface area contributed by atoms with E-state index in [1.54, 1.807) is 65.4 Å². The smallest absolute Gasteiger partial charge is 0.355 e. The summed E-state index contributed by atoms with van der Waals surface area (Å²) in [4.78, 5) is 33.6. The molecular weight excluding hydrogens is 671 g/mol. The van der Waals surface area contributed by atoms with Crippen molar-refractivity contribution in [3.8, 4) is 17.3 Å². The number of aromatic nitrogens is 3. The lowest BCUT2D eigenvalue weighted by Crippen LogP contribution is -2.40. The predicted molar refractivity (Wildman–Crippen MR) is 186 cm³/mol. The van der Waals surface area contributed by atoms with Gasteiger partial charge in [-0.1, -0.05) is 68.7 Å². The molecule has 2 aliphatic rings. The van der Waals surface area contributed by atoms with Crippen molar-refractivity contribution in [2.75, 3.05) is 0 Å². The summed E-state index contributed by atoms with van der Waals surface area (Å²) >= 11 is 0. The Morgan fingerprint density at radius 1 is 0.902 bits per heavy atom. The zero-order valence-electron chi connectivity index (χ0n) is 28.1. The molecule has 3 heterocycles. The lowest BCUT2D eigenvalue weighted by atomic mass is 9.98. The van der Waals surface area contributed by atoms with Crippen molar-refractivity contribution in [1.29, 1.82) is 0 Å². The summed E-state index contributed by atoms with van der Waals surface area (Å²) in [6, 6.07) is 25.7. The summed E-state index contributed by atoms with van der Waals surface area (Å²) in [6.45, 7) is 2.61. The van der Waals surface area contributed by atoms with Crippen molar-refractivity contribution < 1.29 is 32.1 Å². The maximum atomic E-state index is 13.5. The van der Waals surface area contributed by atoms with Gasteiger partial charge >= 0.3 is 11.8 Å². The molecule has 1 saturated carbocycles. The number of nitrogens with zero attached hydrogens (tertiary/aromatic N) is 5. The van der Waals surface area contributed by atoms with E-state index in [0.717, 1.165) is 62.0 Å². The van der Waals surface area contributed by atoms with E-state index in [2.05, 4.69) is 21.9 Å². The average molecular weight is 708 g/mol. The third-order valence-corrected chi connectivity index (χ3v) is 10.9. The second kappa shape index (κ2) is 14.4. The third-order valence-electron chi connectivity index (χ3n) is 9.24. The molecule has 1 aliphatic heterocycles. The molecule has 1 fully saturated rings. The van der Waals surface area contributed by atoms with Gasteiger partial charge in [0.2, 0.25) is 9.84 Å². The standard InChI is InChI=1S/C38H37N5O7S/c1-2-3-13-33-39-38(22-7-8-23-38)37(45)43(33)25-27-14-18-29(19-15-27)42-24-9-12-32(42)36(44)48-26-28-16-20-30(21-17-28)49-34-35(41-50-40-34)51(46,47)31-10-5-4-6-11-31/h4-6,9-12,14-21,24H,2-3,7-8,13,22-23,25-26H2,1H3. The van der Waals surface area contributed by atoms with Crippen LogP contribution in [0.25, 0.3) is 5.69 Å². The molecule has 12 nitrogen and oxygen atoms in total. The van der Waals surface area contributed by atoms with Gasteiger partial charge in [-0.05, 0) is 89.2 Å². The van der Waals surface area contributed by atoms with E-state index in [4.69, 9.17) is 14.5 Å². The van der Waals surface area contributed by atoms with Gasteiger partial charge in [0, 0.05) is 18.3 Å². The number of carbonyl (C=O) groups excluding carboxylic acids is 2. The van der Waals surface area contributed by atoms with Crippen molar-refractivity contribution in [2.24, 2.45) is 4.99 Å². The van der Waals surface area contributed by atoms with Crippen LogP contribution in [0.15, 0.2) is 117 Å². The fraction of sp³-hybridized carbons (Fsp3) is 0.289. The zero-order valence-corrected chi connectivity index (χ0v) is 28.9. The molecule has 1 aliphatic carbocycles. The van der Waals surface area contributed by atoms with E-state index in [1.807, 2.05) is 29.2 Å². The highest BCUT2D eigenvalue weighted by atomic mass is 32.2. The molecule has 13 heteroatoms. The number of amidine groups is 1. The quantitative estimate of drug-likeness (QED) is 0.117. The Morgan fingerprint density at radius 2 is 1.63 bits per heavy atom. The Kier molecular flexibility index (Phi) is 9.54. The molecule has 2 aromatic heterocycles. The highest BCUT2D eigenvalue weighted by Gasteiger charge is 2.49. The van der Waals surface area contributed by atoms with Crippen molar-refractivity contribution in [1.82, 2.24) is 19.8 Å². The Labute approximate surface area is 295 Å². The average Bonchev–Trinajstić information content (AvgIpc) is 3.98. The van der Waals surface area contributed by atoms with Gasteiger partial charge in [0.1, 0.15) is 29.4 Å². The first-order valence-electron chi connectivity index (χ1n) is 17.0. The molecule has 0 atom stereocenters. The largest absolute Gasteiger partial charge is 0.456 e. The van der Waals surface area contributed by atoms with Gasteiger partial charge in [-0.25, -0.2) is 17.8 Å². The first-order valence-corrected chi connectivity index (χ1v) is 18.5. The van der Waals surface area contributed by atoms with Crippen LogP contribution in [0.3, 0.4) is 0 Å². The first-order chi connectivity index (χ1) is 24.8. The predicted octanol–water partition coefficient (Wildman–Crippen LogP) is 7.09. The molecule has 0 bridgehead atoms. The summed E-state index contributed by atoms with van der Waals surface area (Å²) < 4.78 is 43.7. The maximum absolute atomic E-state index is 13.5. The fourth-order valence-electron chi connectivity index (χ4n) is 6.51. The lowest BCUT2D eigenvalue weighted by molar-refractivity contribution is -0.131. The van der Waals surface area contributed by atoms with Gasteiger partial charge < -0.3 is 14.0 Å². The lowest BCUT2D eigenvalue weighted by Gasteiger charge is -2.23. The Hall–Kier alpha value is -5.56. The molecular formula is C38H37N5O7S. The van der Waals surface area contributed by atoms with Crippen LogP contribution in [0.2, 0.25) is 0 Å². The number of hydrogen-bond donors (Lipinski definition) is 0. The Bertz CT molecular complexity index is 2150. The van der Waals surface area contributed by atoms with E-state index >= 15 is 0 Å². The van der Waals surface area contributed by atoms with Gasteiger partial charge in [0.25, 0.3) is 10.9 Å². The van der Waals surface area contributed by atoms with Crippen LogP contribution in [-0.2, 0) is 32.5 Å². The summed E-state index contributed by atoms with van der Waals surface area (Å²) in [5, 5.41) is 6.74. The monoisotopic (exact) mass is 707 g/mol. The van der Waals surface area contributed by atoms with Crippen LogP contribution in [0.5, 0.6) is 11.6 Å². The van der Waals surface area contributed by atoms with Crippen molar-refractivity contribution >= 4 is 27.5 Å². The minimum Gasteiger partial charge on any atom is -0.456 e. The first kappa shape index (κ1) is 33.9. The van der Waals surface area contributed by atoms with E-state index in [9.17, 15) is 18.0 Å². The number of carbonyl (C=O) groups is 2. The molecule has 51 heavy (non-hydrogen) atoms. The summed E-state index contributed by atoms with van der Waals surface area (Å²) in [5.74, 6) is 0.526. The van der Waals surface area contributed by atoms with Crippen LogP contribution in [-0.4, -0.2) is 51.4 Å². The number of rotatable bonds is 13. The molecule has 0 saturated heterocycles. The normalized spacial score (nSPS) is 15.4. The Morgan fingerprint density at radius 3 is 2.35 bits per heavy atom. The van der Waals surface area contributed by atoms with E-state index in [1.165, 1.54) is 12.1 Å². The van der Waals surface area contributed by atoms with Crippen molar-refractivity contribution in [3.63, 3.8) is 0 Å². The number of benzene rings is 3. The molecule has 3 aromatic carbocycles. The van der Waals surface area contributed by atoms with Gasteiger partial charge in [0.05, 0.1) is 11.4 Å². The number of esters is 1. The summed E-state index contributed by atoms with van der Waals surface area (Å²) in [6.07, 6.45) is 8.37. The zero-order chi connectivity index (χ0) is 35.4. The van der Waals surface area contributed by atoms with E-state index in [0.29, 0.717) is 23.6 Å². The molecule has 7 rings (SSSR count). The summed E-state index contributed by atoms with van der Waals surface area (Å²) in [7, 11) is -4.01. The second-order valence-corrected chi connectivity index (χ2v) is 14.6. The van der Waals surface area contributed by atoms with Crippen LogP contribution in [0, 0.1) is 0 Å². The van der Waals surface area contributed by atoms with Crippen molar-refractivity contribution in [3.05, 3.63) is 114 Å². The number of sulfone groups is 1. The molecule has 5 aromatic rings. The van der Waals surface area contributed by atoms with Crippen LogP contribution in [0.1, 0.15) is 73.5 Å². The third kappa shape index (κ3) is 6.93. The topological polar surface area (TPSA) is 146 Å². The fourth-order valence-corrected chi connectivity index (χ4v) is 7.69. The summed E-state index contributed by atoms with van der Waals surface area (Å²) in [5.41, 5.74) is 2.26. The van der Waals surface area contributed by atoms with E-state index in [-0.39, 0.29) is 23.3 Å². The highest BCUT2D eigenvalue weighted by molar-refractivity contribution is 7.91. The number of aliphatic imine (C=N–C) groups is 1. The van der Waals surface area contributed by atoms with Gasteiger partial charge in [-0.2, -0.15) is 0 Å². The van der Waals surface area contributed by atoms with Crippen LogP contribution >= 0.6 is 0 Å². The molecule has 0 radical (unpaired) electrons. The minimum atomic E-state index is -4.01. The van der Waals surface area contributed by atoms with Crippen LogP contribution < -0.4 is 4.74 Å². The second-order valence-electron chi connectivity index (χ2n) is 12.7. The molecule has 1 spiro atoms. The minimum absolute atomic E-state index is 0.00431. The molecule has 262 valence electrons. The van der Waals surface area contributed by atoms with Crippen LogP contribution in [0.4, 0.5) is 0 Å². The van der Waals surface area contributed by atoms with Gasteiger partial charge in [-0.3, -0.25) is 14.7 Å². The molecule has 0 unspecified atom stereocenters. The Balaban J connectivity index is 0.969. The molecule has 0 N–H and O–H groups in total.